The third-order valence-electron chi connectivity index (χ3n) is 5.31. The zero-order valence-corrected chi connectivity index (χ0v) is 18.2. The highest BCUT2D eigenvalue weighted by molar-refractivity contribution is 5.95. The number of aryl methyl sites for hydroxylation is 1. The number of aromatic nitrogens is 3. The van der Waals surface area contributed by atoms with Gasteiger partial charge >= 0.3 is 0 Å². The Morgan fingerprint density at radius 1 is 1.06 bits per heavy atom. The molecule has 4 aromatic rings. The van der Waals surface area contributed by atoms with Crippen LogP contribution in [0.15, 0.2) is 84.0 Å². The highest BCUT2D eigenvalue weighted by Gasteiger charge is 2.21. The molecule has 4 rings (SSSR count). The average Bonchev–Trinajstić information content (AvgIpc) is 3.34. The summed E-state index contributed by atoms with van der Waals surface area (Å²) < 4.78 is 8.60. The number of amides is 1. The van der Waals surface area contributed by atoms with Crippen LogP contribution in [-0.4, -0.2) is 39.3 Å². The van der Waals surface area contributed by atoms with Crippen LogP contribution >= 0.6 is 0 Å². The van der Waals surface area contributed by atoms with E-state index >= 15 is 0 Å². The van der Waals surface area contributed by atoms with Crippen molar-refractivity contribution in [2.75, 3.05) is 14.2 Å². The molecule has 2 aromatic heterocycles. The number of para-hydroxylation sites is 2. The zero-order chi connectivity index (χ0) is 22.7. The van der Waals surface area contributed by atoms with E-state index in [0.717, 1.165) is 11.3 Å². The molecule has 0 aliphatic carbocycles. The second kappa shape index (κ2) is 8.93. The molecule has 0 saturated carbocycles. The van der Waals surface area contributed by atoms with Gasteiger partial charge in [-0.05, 0) is 54.4 Å². The van der Waals surface area contributed by atoms with Crippen molar-refractivity contribution in [1.29, 1.82) is 0 Å². The van der Waals surface area contributed by atoms with Crippen molar-refractivity contribution in [3.05, 3.63) is 106 Å². The summed E-state index contributed by atoms with van der Waals surface area (Å²) in [4.78, 5) is 28.2. The van der Waals surface area contributed by atoms with Crippen LogP contribution in [0.1, 0.15) is 21.5 Å². The summed E-state index contributed by atoms with van der Waals surface area (Å²) in [5, 5.41) is 4.25. The molecule has 0 N–H and O–H groups in total. The summed E-state index contributed by atoms with van der Waals surface area (Å²) in [6.07, 6.45) is 5.24. The molecule has 1 amide bonds. The molecule has 2 aromatic carbocycles. The van der Waals surface area contributed by atoms with Crippen molar-refractivity contribution in [2.45, 2.75) is 13.5 Å². The van der Waals surface area contributed by atoms with Crippen molar-refractivity contribution in [1.82, 2.24) is 19.2 Å². The normalized spacial score (nSPS) is 10.7. The maximum atomic E-state index is 13.3. The molecule has 0 atom stereocenters. The Hall–Kier alpha value is -4.13. The lowest BCUT2D eigenvalue weighted by atomic mass is 10.1. The quantitative estimate of drug-likeness (QED) is 0.470. The van der Waals surface area contributed by atoms with Crippen LogP contribution < -0.4 is 10.3 Å². The third kappa shape index (κ3) is 4.05. The van der Waals surface area contributed by atoms with Gasteiger partial charge in [0.05, 0.1) is 18.5 Å². The van der Waals surface area contributed by atoms with Gasteiger partial charge in [0.2, 0.25) is 0 Å². The van der Waals surface area contributed by atoms with Gasteiger partial charge < -0.3 is 9.64 Å². The lowest BCUT2D eigenvalue weighted by Crippen LogP contribution is -2.34. The topological polar surface area (TPSA) is 69.4 Å². The van der Waals surface area contributed by atoms with Crippen LogP contribution in [0.3, 0.4) is 0 Å². The molecule has 162 valence electrons. The molecule has 7 heteroatoms. The number of rotatable bonds is 6. The number of pyridine rings is 1. The minimum Gasteiger partial charge on any atom is -0.495 e. The summed E-state index contributed by atoms with van der Waals surface area (Å²) in [7, 11) is 3.25. The predicted octanol–water partition coefficient (Wildman–Crippen LogP) is 3.61. The van der Waals surface area contributed by atoms with Crippen molar-refractivity contribution in [3.8, 4) is 17.1 Å². The molecule has 0 spiro atoms. The number of nitrogens with zero attached hydrogens (tertiary/aromatic N) is 4. The summed E-state index contributed by atoms with van der Waals surface area (Å²) in [6, 6.07) is 18.6. The van der Waals surface area contributed by atoms with E-state index in [4.69, 9.17) is 4.74 Å². The van der Waals surface area contributed by atoms with Gasteiger partial charge in [0.1, 0.15) is 11.3 Å². The smallest absolute Gasteiger partial charge is 0.268 e. The molecule has 0 bridgehead atoms. The monoisotopic (exact) mass is 428 g/mol. The van der Waals surface area contributed by atoms with E-state index in [1.165, 1.54) is 4.57 Å². The van der Waals surface area contributed by atoms with Gasteiger partial charge in [-0.3, -0.25) is 14.2 Å². The number of methoxy groups -OCH3 is 1. The second-order valence-corrected chi connectivity index (χ2v) is 7.50. The van der Waals surface area contributed by atoms with E-state index in [2.05, 4.69) is 5.10 Å². The Morgan fingerprint density at radius 2 is 1.88 bits per heavy atom. The van der Waals surface area contributed by atoms with Gasteiger partial charge in [-0.25, -0.2) is 4.68 Å². The van der Waals surface area contributed by atoms with Gasteiger partial charge in [-0.1, -0.05) is 24.3 Å². The minimum atomic E-state index is -0.378. The van der Waals surface area contributed by atoms with E-state index < -0.39 is 0 Å². The molecule has 0 radical (unpaired) electrons. The number of carbonyl (C=O) groups is 1. The van der Waals surface area contributed by atoms with Gasteiger partial charge in [-0.15, -0.1) is 0 Å². The number of hydrogen-bond acceptors (Lipinski definition) is 4. The second-order valence-electron chi connectivity index (χ2n) is 7.50. The number of carbonyl (C=O) groups excluding carboxylic acids is 1. The summed E-state index contributed by atoms with van der Waals surface area (Å²) >= 11 is 0. The molecule has 0 saturated heterocycles. The molecule has 0 aliphatic rings. The van der Waals surface area contributed by atoms with Gasteiger partial charge in [0.15, 0.2) is 0 Å². The maximum absolute atomic E-state index is 13.3. The maximum Gasteiger partial charge on any atom is 0.268 e. The van der Waals surface area contributed by atoms with E-state index in [0.29, 0.717) is 23.5 Å². The lowest BCUT2D eigenvalue weighted by Gasteiger charge is -2.20. The number of ether oxygens (including phenoxy) is 1. The van der Waals surface area contributed by atoms with Crippen LogP contribution in [0.4, 0.5) is 0 Å². The Morgan fingerprint density at radius 3 is 2.62 bits per heavy atom. The van der Waals surface area contributed by atoms with E-state index in [-0.39, 0.29) is 17.0 Å². The van der Waals surface area contributed by atoms with Crippen LogP contribution in [0, 0.1) is 6.92 Å². The fourth-order valence-corrected chi connectivity index (χ4v) is 3.66. The first-order valence-electron chi connectivity index (χ1n) is 10.2. The average molecular weight is 428 g/mol. The van der Waals surface area contributed by atoms with E-state index in [9.17, 15) is 9.59 Å². The molecule has 7 nitrogen and oxygen atoms in total. The van der Waals surface area contributed by atoms with E-state index in [1.54, 1.807) is 61.3 Å². The van der Waals surface area contributed by atoms with E-state index in [1.807, 2.05) is 48.7 Å². The minimum absolute atomic E-state index is 0.143. The molecular formula is C25H24N4O3. The molecular weight excluding hydrogens is 404 g/mol. The van der Waals surface area contributed by atoms with Crippen molar-refractivity contribution in [3.63, 3.8) is 0 Å². The fourth-order valence-electron chi connectivity index (χ4n) is 3.66. The number of benzene rings is 2. The van der Waals surface area contributed by atoms with Crippen LogP contribution in [0.5, 0.6) is 5.75 Å². The Labute approximate surface area is 186 Å². The molecule has 32 heavy (non-hydrogen) atoms. The Bertz CT molecular complexity index is 1310. The van der Waals surface area contributed by atoms with Crippen LogP contribution in [0.2, 0.25) is 0 Å². The summed E-state index contributed by atoms with van der Waals surface area (Å²) in [6.45, 7) is 2.13. The summed E-state index contributed by atoms with van der Waals surface area (Å²) in [5.41, 5.74) is 2.82. The SMILES string of the molecule is COc1ccccc1-n1ccc(C)c(C(=O)N(C)Cc2cccc(-n3cccn3)c2)c1=O. The molecule has 0 aliphatic heterocycles. The standard InChI is InChI=1S/C25H24N4O3/c1-18-12-15-28(21-10-4-5-11-22(21)32-3)25(31)23(18)24(30)27(2)17-19-8-6-9-20(16-19)29-14-7-13-26-29/h4-16H,17H2,1-3H3. The molecule has 0 fully saturated rings. The Balaban J connectivity index is 1.65. The van der Waals surface area contributed by atoms with Crippen LogP contribution in [0.25, 0.3) is 11.4 Å². The number of hydrogen-bond donors (Lipinski definition) is 0. The summed E-state index contributed by atoms with van der Waals surface area (Å²) in [5.74, 6) is 0.224. The highest BCUT2D eigenvalue weighted by Crippen LogP contribution is 2.21. The lowest BCUT2D eigenvalue weighted by molar-refractivity contribution is 0.0782. The zero-order valence-electron chi connectivity index (χ0n) is 18.2. The largest absolute Gasteiger partial charge is 0.495 e. The van der Waals surface area contributed by atoms with Crippen molar-refractivity contribution in [2.24, 2.45) is 0 Å². The highest BCUT2D eigenvalue weighted by atomic mass is 16.5. The first-order valence-corrected chi connectivity index (χ1v) is 10.2. The van der Waals surface area contributed by atoms with Crippen molar-refractivity contribution >= 4 is 5.91 Å². The third-order valence-corrected chi connectivity index (χ3v) is 5.31. The fraction of sp³-hybridized carbons (Fsp3) is 0.160. The Kier molecular flexibility index (Phi) is 5.89. The van der Waals surface area contributed by atoms with Gasteiger partial charge in [0, 0.05) is 32.2 Å². The first kappa shape index (κ1) is 21.1. The van der Waals surface area contributed by atoms with Crippen molar-refractivity contribution < 1.29 is 9.53 Å². The first-order chi connectivity index (χ1) is 15.5. The molecule has 0 unspecified atom stereocenters. The molecule has 2 heterocycles. The predicted molar refractivity (Wildman–Crippen MR) is 123 cm³/mol. The van der Waals surface area contributed by atoms with Gasteiger partial charge in [0.25, 0.3) is 11.5 Å². The van der Waals surface area contributed by atoms with Gasteiger partial charge in [-0.2, -0.15) is 5.10 Å². The van der Waals surface area contributed by atoms with Crippen LogP contribution in [-0.2, 0) is 6.54 Å².